The first-order valence-corrected chi connectivity index (χ1v) is 7.86. The smallest absolute Gasteiger partial charge is 0.114 e. The third-order valence-electron chi connectivity index (χ3n) is 4.58. The fraction of sp³-hybridized carbons (Fsp3) is 0.136. The van der Waals surface area contributed by atoms with Gasteiger partial charge in [0.05, 0.1) is 6.07 Å². The van der Waals surface area contributed by atoms with E-state index in [2.05, 4.69) is 49.4 Å². The van der Waals surface area contributed by atoms with Gasteiger partial charge in [0.15, 0.2) is 0 Å². The minimum absolute atomic E-state index is 0.0403. The zero-order valence-electron chi connectivity index (χ0n) is 13.2. The second-order valence-electron chi connectivity index (χ2n) is 5.78. The average Bonchev–Trinajstić information content (AvgIpc) is 2.65. The van der Waals surface area contributed by atoms with Crippen molar-refractivity contribution in [3.63, 3.8) is 0 Å². The van der Waals surface area contributed by atoms with Gasteiger partial charge >= 0.3 is 0 Å². The Kier molecular flexibility index (Phi) is 4.26. The van der Waals surface area contributed by atoms with Crippen LogP contribution in [0, 0.1) is 11.3 Å². The maximum absolute atomic E-state index is 10.3. The second kappa shape index (κ2) is 6.50. The van der Waals surface area contributed by atoms with Gasteiger partial charge in [0, 0.05) is 5.92 Å². The lowest BCUT2D eigenvalue weighted by atomic mass is 9.65. The largest absolute Gasteiger partial charge is 0.197 e. The van der Waals surface area contributed by atoms with Crippen LogP contribution in [-0.4, -0.2) is 0 Å². The molecule has 0 aliphatic carbocycles. The molecule has 0 aliphatic rings. The second-order valence-corrected chi connectivity index (χ2v) is 5.78. The summed E-state index contributed by atoms with van der Waals surface area (Å²) in [6.45, 7) is 2.14. The van der Waals surface area contributed by atoms with Crippen LogP contribution in [0.4, 0.5) is 0 Å². The molecule has 0 spiro atoms. The standard InChI is InChI=1S/C22H19N/c1-18(19-11-5-2-6-12-19)22(17-23,20-13-7-3-8-14-20)21-15-9-4-10-16-21/h2-16,18H,1H3. The highest BCUT2D eigenvalue weighted by Crippen LogP contribution is 2.43. The molecule has 1 nitrogen and oxygen atoms in total. The number of nitriles is 1. The van der Waals surface area contributed by atoms with Crippen LogP contribution in [0.1, 0.15) is 29.5 Å². The molecule has 0 aliphatic heterocycles. The van der Waals surface area contributed by atoms with Gasteiger partial charge < -0.3 is 0 Å². The molecule has 1 heteroatoms. The third kappa shape index (κ3) is 2.64. The van der Waals surface area contributed by atoms with E-state index in [0.717, 1.165) is 11.1 Å². The Bertz CT molecular complexity index is 746. The van der Waals surface area contributed by atoms with Gasteiger partial charge in [-0.05, 0) is 16.7 Å². The van der Waals surface area contributed by atoms with Crippen molar-refractivity contribution in [2.24, 2.45) is 0 Å². The Balaban J connectivity index is 2.24. The lowest BCUT2D eigenvalue weighted by Crippen LogP contribution is -2.32. The lowest BCUT2D eigenvalue weighted by molar-refractivity contribution is 0.541. The molecule has 0 saturated heterocycles. The van der Waals surface area contributed by atoms with Crippen LogP contribution in [0.5, 0.6) is 0 Å². The summed E-state index contributed by atoms with van der Waals surface area (Å²) in [5.74, 6) is 0.0403. The lowest BCUT2D eigenvalue weighted by Gasteiger charge is -2.34. The molecule has 0 fully saturated rings. The number of rotatable bonds is 4. The zero-order chi connectivity index (χ0) is 16.1. The molecule has 1 unspecified atom stereocenters. The van der Waals surface area contributed by atoms with E-state index in [1.54, 1.807) is 0 Å². The maximum Gasteiger partial charge on any atom is 0.114 e. The highest BCUT2D eigenvalue weighted by molar-refractivity contribution is 5.50. The molecule has 23 heavy (non-hydrogen) atoms. The van der Waals surface area contributed by atoms with Gasteiger partial charge in [-0.2, -0.15) is 5.26 Å². The predicted molar refractivity (Wildman–Crippen MR) is 94.1 cm³/mol. The van der Waals surface area contributed by atoms with Gasteiger partial charge in [0.25, 0.3) is 0 Å². The van der Waals surface area contributed by atoms with Crippen LogP contribution in [0.25, 0.3) is 0 Å². The quantitative estimate of drug-likeness (QED) is 0.641. The first-order chi connectivity index (χ1) is 11.3. The zero-order valence-corrected chi connectivity index (χ0v) is 13.2. The molecular weight excluding hydrogens is 278 g/mol. The molecule has 0 saturated carbocycles. The van der Waals surface area contributed by atoms with E-state index in [-0.39, 0.29) is 5.92 Å². The Labute approximate surface area is 137 Å². The molecule has 0 amide bonds. The highest BCUT2D eigenvalue weighted by atomic mass is 14.4. The summed E-state index contributed by atoms with van der Waals surface area (Å²) in [7, 11) is 0. The Morgan fingerprint density at radius 3 is 1.48 bits per heavy atom. The van der Waals surface area contributed by atoms with Gasteiger partial charge in [-0.15, -0.1) is 0 Å². The Morgan fingerprint density at radius 1 is 0.696 bits per heavy atom. The first-order valence-electron chi connectivity index (χ1n) is 7.86. The molecule has 3 rings (SSSR count). The predicted octanol–water partition coefficient (Wildman–Crippen LogP) is 5.30. The summed E-state index contributed by atoms with van der Waals surface area (Å²) in [6, 6.07) is 33.1. The Hall–Kier alpha value is -2.85. The molecular formula is C22H19N. The van der Waals surface area contributed by atoms with Crippen LogP contribution in [0.15, 0.2) is 91.0 Å². The highest BCUT2D eigenvalue weighted by Gasteiger charge is 2.40. The van der Waals surface area contributed by atoms with Gasteiger partial charge in [-0.3, -0.25) is 0 Å². The molecule has 0 N–H and O–H groups in total. The van der Waals surface area contributed by atoms with E-state index in [1.165, 1.54) is 5.56 Å². The molecule has 0 bridgehead atoms. The van der Waals surface area contributed by atoms with Crippen LogP contribution >= 0.6 is 0 Å². The van der Waals surface area contributed by atoms with E-state index < -0.39 is 5.41 Å². The normalized spacial score (nSPS) is 12.3. The van der Waals surface area contributed by atoms with Crippen molar-refractivity contribution in [3.8, 4) is 6.07 Å². The van der Waals surface area contributed by atoms with Gasteiger partial charge in [-0.25, -0.2) is 0 Å². The third-order valence-corrected chi connectivity index (χ3v) is 4.58. The molecule has 0 radical (unpaired) electrons. The van der Waals surface area contributed by atoms with E-state index >= 15 is 0 Å². The van der Waals surface area contributed by atoms with Crippen molar-refractivity contribution >= 4 is 0 Å². The average molecular weight is 297 g/mol. The topological polar surface area (TPSA) is 23.8 Å². The van der Waals surface area contributed by atoms with Crippen molar-refractivity contribution in [2.45, 2.75) is 18.3 Å². The number of benzene rings is 3. The van der Waals surface area contributed by atoms with Crippen LogP contribution in [-0.2, 0) is 5.41 Å². The van der Waals surface area contributed by atoms with Crippen molar-refractivity contribution in [3.05, 3.63) is 108 Å². The van der Waals surface area contributed by atoms with Gasteiger partial charge in [0.1, 0.15) is 5.41 Å². The van der Waals surface area contributed by atoms with Crippen LogP contribution in [0.2, 0.25) is 0 Å². The van der Waals surface area contributed by atoms with Crippen molar-refractivity contribution < 1.29 is 0 Å². The van der Waals surface area contributed by atoms with E-state index in [1.807, 2.05) is 54.6 Å². The summed E-state index contributed by atoms with van der Waals surface area (Å²) in [5, 5.41) is 10.3. The molecule has 3 aromatic carbocycles. The van der Waals surface area contributed by atoms with E-state index in [0.29, 0.717) is 0 Å². The molecule has 0 aromatic heterocycles. The first kappa shape index (κ1) is 15.1. The van der Waals surface area contributed by atoms with Gasteiger partial charge in [-0.1, -0.05) is 97.9 Å². The monoisotopic (exact) mass is 297 g/mol. The summed E-state index contributed by atoms with van der Waals surface area (Å²) >= 11 is 0. The van der Waals surface area contributed by atoms with Crippen LogP contribution < -0.4 is 0 Å². The number of hydrogen-bond acceptors (Lipinski definition) is 1. The van der Waals surface area contributed by atoms with E-state index in [9.17, 15) is 5.26 Å². The summed E-state index contributed by atoms with van der Waals surface area (Å²) in [6.07, 6.45) is 0. The van der Waals surface area contributed by atoms with E-state index in [4.69, 9.17) is 0 Å². The summed E-state index contributed by atoms with van der Waals surface area (Å²) < 4.78 is 0. The van der Waals surface area contributed by atoms with Crippen molar-refractivity contribution in [2.75, 3.05) is 0 Å². The molecule has 112 valence electrons. The fourth-order valence-corrected chi connectivity index (χ4v) is 3.29. The minimum atomic E-state index is -0.704. The maximum atomic E-state index is 10.3. The number of nitrogens with zero attached hydrogens (tertiary/aromatic N) is 1. The van der Waals surface area contributed by atoms with Crippen LogP contribution in [0.3, 0.4) is 0 Å². The molecule has 0 heterocycles. The minimum Gasteiger partial charge on any atom is -0.197 e. The summed E-state index contributed by atoms with van der Waals surface area (Å²) in [5.41, 5.74) is 2.53. The van der Waals surface area contributed by atoms with Gasteiger partial charge in [0.2, 0.25) is 0 Å². The SMILES string of the molecule is CC(c1ccccc1)C(C#N)(c1ccccc1)c1ccccc1. The molecule has 3 aromatic rings. The van der Waals surface area contributed by atoms with Crippen molar-refractivity contribution in [1.29, 1.82) is 5.26 Å². The fourth-order valence-electron chi connectivity index (χ4n) is 3.29. The number of hydrogen-bond donors (Lipinski definition) is 0. The Morgan fingerprint density at radius 2 is 1.09 bits per heavy atom. The summed E-state index contributed by atoms with van der Waals surface area (Å²) in [4.78, 5) is 0. The molecule has 1 atom stereocenters. The van der Waals surface area contributed by atoms with Crippen molar-refractivity contribution in [1.82, 2.24) is 0 Å².